The standard InChI is InChI=1S/C13H18ClN3S/c1-18-13-16-11(14)6-12(17-13)15-7-10-5-8-2-3-9(10)4-8/h6,8-10H,2-5,7H2,1H3,(H,15,16,17). The smallest absolute Gasteiger partial charge is 0.190 e. The van der Waals surface area contributed by atoms with Crippen molar-refractivity contribution in [3.05, 3.63) is 11.2 Å². The van der Waals surface area contributed by atoms with Crippen LogP contribution in [0.15, 0.2) is 11.2 Å². The van der Waals surface area contributed by atoms with Crippen molar-refractivity contribution in [3.8, 4) is 0 Å². The minimum absolute atomic E-state index is 0.518. The average molecular weight is 284 g/mol. The molecule has 0 amide bonds. The number of hydrogen-bond donors (Lipinski definition) is 1. The fourth-order valence-corrected chi connectivity index (χ4v) is 4.05. The van der Waals surface area contributed by atoms with Gasteiger partial charge in [-0.05, 0) is 43.3 Å². The maximum atomic E-state index is 5.98. The Balaban J connectivity index is 1.61. The number of hydrogen-bond acceptors (Lipinski definition) is 4. The predicted octanol–water partition coefficient (Wildman–Crippen LogP) is 3.70. The van der Waals surface area contributed by atoms with Gasteiger partial charge < -0.3 is 5.32 Å². The summed E-state index contributed by atoms with van der Waals surface area (Å²) in [7, 11) is 0. The molecule has 3 atom stereocenters. The van der Waals surface area contributed by atoms with Crippen LogP contribution in [0.4, 0.5) is 5.82 Å². The highest BCUT2D eigenvalue weighted by molar-refractivity contribution is 7.98. The van der Waals surface area contributed by atoms with Gasteiger partial charge in [0.1, 0.15) is 11.0 Å². The highest BCUT2D eigenvalue weighted by Gasteiger charge is 2.39. The molecule has 2 bridgehead atoms. The topological polar surface area (TPSA) is 37.8 Å². The van der Waals surface area contributed by atoms with Crippen LogP contribution in [0.1, 0.15) is 25.7 Å². The van der Waals surface area contributed by atoms with E-state index in [1.807, 2.05) is 12.3 Å². The summed E-state index contributed by atoms with van der Waals surface area (Å²) in [4.78, 5) is 8.58. The van der Waals surface area contributed by atoms with Gasteiger partial charge in [-0.2, -0.15) is 0 Å². The van der Waals surface area contributed by atoms with Crippen molar-refractivity contribution in [2.45, 2.75) is 30.8 Å². The first kappa shape index (κ1) is 12.5. The first-order chi connectivity index (χ1) is 8.74. The fourth-order valence-electron chi connectivity index (χ4n) is 3.44. The summed E-state index contributed by atoms with van der Waals surface area (Å²) in [5, 5.41) is 4.69. The minimum Gasteiger partial charge on any atom is -0.370 e. The fraction of sp³-hybridized carbons (Fsp3) is 0.692. The van der Waals surface area contributed by atoms with E-state index in [-0.39, 0.29) is 0 Å². The van der Waals surface area contributed by atoms with Crippen molar-refractivity contribution in [2.24, 2.45) is 17.8 Å². The van der Waals surface area contributed by atoms with Gasteiger partial charge in [-0.15, -0.1) is 0 Å². The molecule has 0 spiro atoms. The third-order valence-corrected chi connectivity index (χ3v) is 5.03. The van der Waals surface area contributed by atoms with E-state index >= 15 is 0 Å². The molecular weight excluding hydrogens is 266 g/mol. The molecule has 3 unspecified atom stereocenters. The maximum absolute atomic E-state index is 5.98. The predicted molar refractivity (Wildman–Crippen MR) is 76.3 cm³/mol. The Hall–Kier alpha value is -0.480. The Kier molecular flexibility index (Phi) is 3.66. The van der Waals surface area contributed by atoms with Gasteiger partial charge in [-0.25, -0.2) is 9.97 Å². The van der Waals surface area contributed by atoms with E-state index in [1.54, 1.807) is 0 Å². The van der Waals surface area contributed by atoms with E-state index in [0.717, 1.165) is 35.3 Å². The number of aromatic nitrogens is 2. The highest BCUT2D eigenvalue weighted by Crippen LogP contribution is 2.48. The summed E-state index contributed by atoms with van der Waals surface area (Å²) in [5.41, 5.74) is 0. The molecule has 98 valence electrons. The average Bonchev–Trinajstić information content (AvgIpc) is 2.97. The Labute approximate surface area is 117 Å². The van der Waals surface area contributed by atoms with E-state index in [0.29, 0.717) is 5.15 Å². The number of rotatable bonds is 4. The van der Waals surface area contributed by atoms with Gasteiger partial charge in [0.2, 0.25) is 0 Å². The Morgan fingerprint density at radius 1 is 1.39 bits per heavy atom. The Bertz CT molecular complexity index is 440. The lowest BCUT2D eigenvalue weighted by atomic mass is 9.89. The number of nitrogens with zero attached hydrogens (tertiary/aromatic N) is 2. The molecule has 1 aromatic heterocycles. The first-order valence-electron chi connectivity index (χ1n) is 6.57. The quantitative estimate of drug-likeness (QED) is 0.519. The minimum atomic E-state index is 0.518. The molecule has 3 nitrogen and oxygen atoms in total. The second kappa shape index (κ2) is 5.25. The molecule has 2 aliphatic carbocycles. The summed E-state index contributed by atoms with van der Waals surface area (Å²) in [6, 6.07) is 1.81. The van der Waals surface area contributed by atoms with E-state index in [9.17, 15) is 0 Å². The van der Waals surface area contributed by atoms with E-state index in [4.69, 9.17) is 11.6 Å². The van der Waals surface area contributed by atoms with Crippen LogP contribution in [-0.4, -0.2) is 22.8 Å². The van der Waals surface area contributed by atoms with Crippen molar-refractivity contribution < 1.29 is 0 Å². The zero-order valence-corrected chi connectivity index (χ0v) is 12.1. The van der Waals surface area contributed by atoms with Gasteiger partial charge >= 0.3 is 0 Å². The summed E-state index contributed by atoms with van der Waals surface area (Å²) in [5.74, 6) is 3.63. The SMILES string of the molecule is CSc1nc(Cl)cc(NCC2CC3CCC2C3)n1. The number of anilines is 1. The molecule has 18 heavy (non-hydrogen) atoms. The number of halogens is 1. The monoisotopic (exact) mass is 283 g/mol. The third-order valence-electron chi connectivity index (χ3n) is 4.29. The van der Waals surface area contributed by atoms with Crippen LogP contribution in [0.3, 0.4) is 0 Å². The van der Waals surface area contributed by atoms with Crippen molar-refractivity contribution >= 4 is 29.2 Å². The Morgan fingerprint density at radius 2 is 2.28 bits per heavy atom. The zero-order chi connectivity index (χ0) is 12.5. The van der Waals surface area contributed by atoms with Crippen molar-refractivity contribution in [3.63, 3.8) is 0 Å². The number of nitrogens with one attached hydrogen (secondary N) is 1. The molecule has 2 aliphatic rings. The molecule has 0 aromatic carbocycles. The number of fused-ring (bicyclic) bond motifs is 2. The summed E-state index contributed by atoms with van der Waals surface area (Å²) >= 11 is 7.50. The second-order valence-corrected chi connectivity index (χ2v) is 6.54. The van der Waals surface area contributed by atoms with Crippen LogP contribution in [0.2, 0.25) is 5.15 Å². The van der Waals surface area contributed by atoms with Crippen LogP contribution in [-0.2, 0) is 0 Å². The normalized spacial score (nSPS) is 29.8. The van der Waals surface area contributed by atoms with Crippen LogP contribution >= 0.6 is 23.4 Å². The summed E-state index contributed by atoms with van der Waals surface area (Å²) in [6.07, 6.45) is 7.69. The van der Waals surface area contributed by atoms with E-state index in [2.05, 4.69) is 15.3 Å². The molecule has 3 rings (SSSR count). The Morgan fingerprint density at radius 3 is 2.94 bits per heavy atom. The van der Waals surface area contributed by atoms with Crippen LogP contribution in [0, 0.1) is 17.8 Å². The lowest BCUT2D eigenvalue weighted by Crippen LogP contribution is -2.20. The molecular formula is C13H18ClN3S. The summed E-state index contributed by atoms with van der Waals surface area (Å²) in [6.45, 7) is 1.03. The largest absolute Gasteiger partial charge is 0.370 e. The van der Waals surface area contributed by atoms with Crippen molar-refractivity contribution in [1.82, 2.24) is 9.97 Å². The molecule has 5 heteroatoms. The molecule has 1 N–H and O–H groups in total. The summed E-state index contributed by atoms with van der Waals surface area (Å²) < 4.78 is 0. The van der Waals surface area contributed by atoms with Crippen molar-refractivity contribution in [2.75, 3.05) is 18.1 Å². The lowest BCUT2D eigenvalue weighted by molar-refractivity contribution is 0.348. The maximum Gasteiger partial charge on any atom is 0.190 e. The highest BCUT2D eigenvalue weighted by atomic mass is 35.5. The molecule has 2 saturated carbocycles. The van der Waals surface area contributed by atoms with Crippen LogP contribution in [0.5, 0.6) is 0 Å². The van der Waals surface area contributed by atoms with E-state index in [1.165, 1.54) is 37.4 Å². The van der Waals surface area contributed by atoms with Gasteiger partial charge in [-0.3, -0.25) is 0 Å². The van der Waals surface area contributed by atoms with Gasteiger partial charge in [0, 0.05) is 12.6 Å². The van der Waals surface area contributed by atoms with Crippen molar-refractivity contribution in [1.29, 1.82) is 0 Å². The van der Waals surface area contributed by atoms with Gasteiger partial charge in [0.25, 0.3) is 0 Å². The third kappa shape index (κ3) is 2.59. The molecule has 2 fully saturated rings. The molecule has 1 aromatic rings. The first-order valence-corrected chi connectivity index (χ1v) is 8.17. The molecule has 0 saturated heterocycles. The van der Waals surface area contributed by atoms with E-state index < -0.39 is 0 Å². The van der Waals surface area contributed by atoms with Crippen LogP contribution in [0.25, 0.3) is 0 Å². The molecule has 0 aliphatic heterocycles. The van der Waals surface area contributed by atoms with Gasteiger partial charge in [-0.1, -0.05) is 29.8 Å². The molecule has 0 radical (unpaired) electrons. The molecule has 1 heterocycles. The van der Waals surface area contributed by atoms with Crippen LogP contribution < -0.4 is 5.32 Å². The lowest BCUT2D eigenvalue weighted by Gasteiger charge is -2.22. The van der Waals surface area contributed by atoms with Gasteiger partial charge in [0.05, 0.1) is 0 Å². The van der Waals surface area contributed by atoms with Gasteiger partial charge in [0.15, 0.2) is 5.16 Å². The zero-order valence-electron chi connectivity index (χ0n) is 10.5. The second-order valence-electron chi connectivity index (χ2n) is 5.38. The number of thioether (sulfide) groups is 1.